The lowest BCUT2D eigenvalue weighted by Crippen LogP contribution is -2.46. The standard InChI is InChI=1S/C15H18N2O4/c1-3-6-12(14(18)19)17-15(20)16-10-9-11-7-4-5-8-13(11)21-2/h1,4-5,7-8,12H,6,9-10H2,2H3,(H,18,19)(H2,16,17,20). The van der Waals surface area contributed by atoms with Gasteiger partial charge in [0.05, 0.1) is 7.11 Å². The Hall–Kier alpha value is -2.68. The zero-order chi connectivity index (χ0) is 15.7. The minimum Gasteiger partial charge on any atom is -0.496 e. The first-order chi connectivity index (χ1) is 10.1. The number of nitrogens with one attached hydrogen (secondary N) is 2. The van der Waals surface area contributed by atoms with Gasteiger partial charge in [-0.25, -0.2) is 9.59 Å². The second-order valence-corrected chi connectivity index (χ2v) is 4.26. The molecule has 1 aromatic carbocycles. The maximum atomic E-state index is 11.6. The third-order valence-corrected chi connectivity index (χ3v) is 2.80. The Morgan fingerprint density at radius 3 is 2.76 bits per heavy atom. The minimum absolute atomic E-state index is 0.0603. The van der Waals surface area contributed by atoms with Crippen molar-refractivity contribution in [2.24, 2.45) is 0 Å². The fourth-order valence-corrected chi connectivity index (χ4v) is 1.75. The van der Waals surface area contributed by atoms with Crippen LogP contribution < -0.4 is 15.4 Å². The summed E-state index contributed by atoms with van der Waals surface area (Å²) >= 11 is 0. The summed E-state index contributed by atoms with van der Waals surface area (Å²) in [5.41, 5.74) is 0.957. The van der Waals surface area contributed by atoms with Gasteiger partial charge in [-0.15, -0.1) is 12.3 Å². The molecular formula is C15H18N2O4. The highest BCUT2D eigenvalue weighted by Gasteiger charge is 2.18. The van der Waals surface area contributed by atoms with Gasteiger partial charge >= 0.3 is 12.0 Å². The van der Waals surface area contributed by atoms with Crippen LogP contribution in [0.15, 0.2) is 24.3 Å². The molecule has 0 spiro atoms. The van der Waals surface area contributed by atoms with E-state index in [1.165, 1.54) is 0 Å². The Labute approximate surface area is 123 Å². The normalized spacial score (nSPS) is 11.0. The summed E-state index contributed by atoms with van der Waals surface area (Å²) in [7, 11) is 1.58. The van der Waals surface area contributed by atoms with E-state index in [9.17, 15) is 9.59 Å². The molecule has 0 fully saturated rings. The van der Waals surface area contributed by atoms with Crippen LogP contribution >= 0.6 is 0 Å². The lowest BCUT2D eigenvalue weighted by atomic mass is 10.1. The molecule has 0 aliphatic rings. The molecule has 112 valence electrons. The Morgan fingerprint density at radius 2 is 2.14 bits per heavy atom. The number of amides is 2. The number of para-hydroxylation sites is 1. The number of carboxylic acids is 1. The van der Waals surface area contributed by atoms with Crippen LogP contribution in [0.4, 0.5) is 4.79 Å². The molecule has 0 aliphatic carbocycles. The maximum absolute atomic E-state index is 11.6. The van der Waals surface area contributed by atoms with E-state index in [1.54, 1.807) is 7.11 Å². The average Bonchev–Trinajstić information content (AvgIpc) is 2.47. The Bertz CT molecular complexity index is 537. The Balaban J connectivity index is 2.43. The highest BCUT2D eigenvalue weighted by molar-refractivity contribution is 5.82. The molecule has 0 aromatic heterocycles. The lowest BCUT2D eigenvalue weighted by Gasteiger charge is -2.13. The maximum Gasteiger partial charge on any atom is 0.327 e. The fourth-order valence-electron chi connectivity index (χ4n) is 1.75. The predicted octanol–water partition coefficient (Wildman–Crippen LogP) is 1.01. The van der Waals surface area contributed by atoms with Crippen LogP contribution in [-0.2, 0) is 11.2 Å². The zero-order valence-electron chi connectivity index (χ0n) is 11.8. The van der Waals surface area contributed by atoms with Crippen molar-refractivity contribution in [3.05, 3.63) is 29.8 Å². The average molecular weight is 290 g/mol. The van der Waals surface area contributed by atoms with Gasteiger partial charge in [0.2, 0.25) is 0 Å². The highest BCUT2D eigenvalue weighted by atomic mass is 16.5. The van der Waals surface area contributed by atoms with Gasteiger partial charge in [0.1, 0.15) is 11.8 Å². The quantitative estimate of drug-likeness (QED) is 0.654. The summed E-state index contributed by atoms with van der Waals surface area (Å²) < 4.78 is 5.20. The van der Waals surface area contributed by atoms with E-state index in [1.807, 2.05) is 24.3 Å². The summed E-state index contributed by atoms with van der Waals surface area (Å²) in [4.78, 5) is 22.4. The van der Waals surface area contributed by atoms with Crippen LogP contribution in [0, 0.1) is 12.3 Å². The van der Waals surface area contributed by atoms with E-state index in [-0.39, 0.29) is 6.42 Å². The molecule has 21 heavy (non-hydrogen) atoms. The summed E-state index contributed by atoms with van der Waals surface area (Å²) in [5, 5.41) is 13.8. The second kappa shape index (κ2) is 8.48. The van der Waals surface area contributed by atoms with Crippen LogP contribution in [0.5, 0.6) is 5.75 Å². The van der Waals surface area contributed by atoms with E-state index in [4.69, 9.17) is 16.3 Å². The van der Waals surface area contributed by atoms with Gasteiger partial charge in [0, 0.05) is 13.0 Å². The number of rotatable bonds is 7. The van der Waals surface area contributed by atoms with Crippen LogP contribution in [0.2, 0.25) is 0 Å². The van der Waals surface area contributed by atoms with E-state index in [0.717, 1.165) is 11.3 Å². The molecule has 0 radical (unpaired) electrons. The first kappa shape index (κ1) is 16.4. The van der Waals surface area contributed by atoms with Gasteiger partial charge in [0.25, 0.3) is 0 Å². The van der Waals surface area contributed by atoms with Gasteiger partial charge in [-0.3, -0.25) is 0 Å². The number of urea groups is 1. The van der Waals surface area contributed by atoms with Gasteiger partial charge in [-0.05, 0) is 18.1 Å². The molecule has 0 bridgehead atoms. The van der Waals surface area contributed by atoms with Crippen molar-refractivity contribution >= 4 is 12.0 Å². The van der Waals surface area contributed by atoms with Crippen molar-refractivity contribution < 1.29 is 19.4 Å². The molecule has 2 amide bonds. The predicted molar refractivity (Wildman–Crippen MR) is 78.1 cm³/mol. The Morgan fingerprint density at radius 1 is 1.43 bits per heavy atom. The zero-order valence-corrected chi connectivity index (χ0v) is 11.8. The van der Waals surface area contributed by atoms with Gasteiger partial charge in [-0.2, -0.15) is 0 Å². The van der Waals surface area contributed by atoms with Crippen LogP contribution in [0.25, 0.3) is 0 Å². The van der Waals surface area contributed by atoms with Crippen molar-refractivity contribution in [2.75, 3.05) is 13.7 Å². The monoisotopic (exact) mass is 290 g/mol. The van der Waals surface area contributed by atoms with Crippen molar-refractivity contribution in [1.29, 1.82) is 0 Å². The summed E-state index contributed by atoms with van der Waals surface area (Å²) in [6, 6.07) is 5.83. The number of hydrogen-bond acceptors (Lipinski definition) is 3. The molecular weight excluding hydrogens is 272 g/mol. The molecule has 0 saturated heterocycles. The molecule has 0 heterocycles. The summed E-state index contributed by atoms with van der Waals surface area (Å²) in [5.74, 6) is 1.80. The number of carboxylic acid groups (broad SMARTS) is 1. The number of carbonyl (C=O) groups is 2. The van der Waals surface area contributed by atoms with E-state index in [0.29, 0.717) is 13.0 Å². The second-order valence-electron chi connectivity index (χ2n) is 4.26. The van der Waals surface area contributed by atoms with Gasteiger partial charge < -0.3 is 20.5 Å². The van der Waals surface area contributed by atoms with Crippen LogP contribution in [0.1, 0.15) is 12.0 Å². The molecule has 1 atom stereocenters. The van der Waals surface area contributed by atoms with Gasteiger partial charge in [-0.1, -0.05) is 18.2 Å². The number of methoxy groups -OCH3 is 1. The fraction of sp³-hybridized carbons (Fsp3) is 0.333. The molecule has 1 rings (SSSR count). The van der Waals surface area contributed by atoms with Crippen LogP contribution in [0.3, 0.4) is 0 Å². The van der Waals surface area contributed by atoms with Gasteiger partial charge in [0.15, 0.2) is 0 Å². The largest absolute Gasteiger partial charge is 0.496 e. The molecule has 1 unspecified atom stereocenters. The van der Waals surface area contributed by atoms with Crippen molar-refractivity contribution in [1.82, 2.24) is 10.6 Å². The van der Waals surface area contributed by atoms with Crippen LogP contribution in [-0.4, -0.2) is 36.8 Å². The van der Waals surface area contributed by atoms with E-state index < -0.39 is 18.0 Å². The molecule has 1 aromatic rings. The number of terminal acetylenes is 1. The smallest absolute Gasteiger partial charge is 0.327 e. The first-order valence-corrected chi connectivity index (χ1v) is 6.41. The molecule has 6 heteroatoms. The number of benzene rings is 1. The molecule has 3 N–H and O–H groups in total. The highest BCUT2D eigenvalue weighted by Crippen LogP contribution is 2.17. The van der Waals surface area contributed by atoms with Crippen molar-refractivity contribution in [3.8, 4) is 18.1 Å². The topological polar surface area (TPSA) is 87.7 Å². The third-order valence-electron chi connectivity index (χ3n) is 2.80. The number of carbonyl (C=O) groups excluding carboxylic acids is 1. The lowest BCUT2D eigenvalue weighted by molar-refractivity contribution is -0.139. The SMILES string of the molecule is C#CCC(NC(=O)NCCc1ccccc1OC)C(=O)O. The molecule has 6 nitrogen and oxygen atoms in total. The molecule has 0 aliphatic heterocycles. The first-order valence-electron chi connectivity index (χ1n) is 6.41. The van der Waals surface area contributed by atoms with E-state index in [2.05, 4.69) is 16.6 Å². The Kier molecular flexibility index (Phi) is 6.61. The third kappa shape index (κ3) is 5.45. The number of ether oxygens (including phenoxy) is 1. The van der Waals surface area contributed by atoms with Crippen molar-refractivity contribution in [3.63, 3.8) is 0 Å². The molecule has 0 saturated carbocycles. The minimum atomic E-state index is -1.16. The summed E-state index contributed by atoms with van der Waals surface area (Å²) in [6.07, 6.45) is 5.57. The van der Waals surface area contributed by atoms with E-state index >= 15 is 0 Å². The number of aliphatic carboxylic acids is 1. The van der Waals surface area contributed by atoms with Crippen molar-refractivity contribution in [2.45, 2.75) is 18.9 Å². The summed E-state index contributed by atoms with van der Waals surface area (Å²) in [6.45, 7) is 0.356. The number of hydrogen-bond donors (Lipinski definition) is 3.